The van der Waals surface area contributed by atoms with Crippen molar-refractivity contribution in [3.63, 3.8) is 0 Å². The van der Waals surface area contributed by atoms with E-state index in [2.05, 4.69) is 5.32 Å². The number of ether oxygens (including phenoxy) is 1. The number of nitro benzene ring substituents is 1. The van der Waals surface area contributed by atoms with Crippen LogP contribution in [0.5, 0.6) is 0 Å². The van der Waals surface area contributed by atoms with E-state index in [0.29, 0.717) is 6.61 Å². The van der Waals surface area contributed by atoms with Crippen molar-refractivity contribution < 1.29 is 9.66 Å². The minimum absolute atomic E-state index is 0. The van der Waals surface area contributed by atoms with Crippen molar-refractivity contribution in [2.45, 2.75) is 6.04 Å². The Bertz CT molecular complexity index is 350. The highest BCUT2D eigenvalue weighted by atomic mass is 35.5. The SMILES string of the molecule is Cl.O=[N+]([O-])c1ccc([C@@H]2COCCN2)cc1. The molecule has 1 N–H and O–H groups in total. The summed E-state index contributed by atoms with van der Waals surface area (Å²) in [7, 11) is 0. The molecule has 0 spiro atoms. The highest BCUT2D eigenvalue weighted by molar-refractivity contribution is 5.85. The summed E-state index contributed by atoms with van der Waals surface area (Å²) >= 11 is 0. The molecule has 2 rings (SSSR count). The average molecular weight is 245 g/mol. The van der Waals surface area contributed by atoms with Crippen molar-refractivity contribution in [1.29, 1.82) is 0 Å². The van der Waals surface area contributed by atoms with Crippen LogP contribution in [0.2, 0.25) is 0 Å². The van der Waals surface area contributed by atoms with Gasteiger partial charge in [-0.2, -0.15) is 0 Å². The lowest BCUT2D eigenvalue weighted by Gasteiger charge is -2.23. The Morgan fingerprint density at radius 3 is 2.56 bits per heavy atom. The second-order valence-electron chi connectivity index (χ2n) is 3.43. The lowest BCUT2D eigenvalue weighted by molar-refractivity contribution is -0.384. The molecule has 1 aromatic rings. The first-order chi connectivity index (χ1) is 7.27. The minimum atomic E-state index is -0.394. The first-order valence-corrected chi connectivity index (χ1v) is 4.83. The standard InChI is InChI=1S/C10H12N2O3.ClH/c13-12(14)9-3-1-8(2-4-9)10-7-15-6-5-11-10;/h1-4,10-11H,5-7H2;1H/t10-;/m0./s1. The fraction of sp³-hybridized carbons (Fsp3) is 0.400. The minimum Gasteiger partial charge on any atom is -0.378 e. The van der Waals surface area contributed by atoms with Crippen LogP contribution >= 0.6 is 12.4 Å². The summed E-state index contributed by atoms with van der Waals surface area (Å²) in [5, 5.41) is 13.7. The molecule has 88 valence electrons. The molecule has 1 aliphatic heterocycles. The second kappa shape index (κ2) is 5.79. The van der Waals surface area contributed by atoms with Gasteiger partial charge in [-0.1, -0.05) is 12.1 Å². The first-order valence-electron chi connectivity index (χ1n) is 4.83. The largest absolute Gasteiger partial charge is 0.378 e. The number of hydrogen-bond donors (Lipinski definition) is 1. The van der Waals surface area contributed by atoms with E-state index < -0.39 is 4.92 Å². The average Bonchev–Trinajstić information content (AvgIpc) is 2.30. The predicted octanol–water partition coefficient (Wildman–Crippen LogP) is 1.68. The topological polar surface area (TPSA) is 64.4 Å². The maximum absolute atomic E-state index is 10.5. The number of nitrogens with one attached hydrogen (secondary N) is 1. The Hall–Kier alpha value is -1.17. The third kappa shape index (κ3) is 2.91. The van der Waals surface area contributed by atoms with Gasteiger partial charge in [-0.3, -0.25) is 10.1 Å². The van der Waals surface area contributed by atoms with E-state index in [1.54, 1.807) is 12.1 Å². The molecule has 1 atom stereocenters. The van der Waals surface area contributed by atoms with Crippen LogP contribution in [0.15, 0.2) is 24.3 Å². The molecule has 5 nitrogen and oxygen atoms in total. The maximum atomic E-state index is 10.5. The molecule has 0 radical (unpaired) electrons. The fourth-order valence-corrected chi connectivity index (χ4v) is 1.61. The van der Waals surface area contributed by atoms with Gasteiger partial charge < -0.3 is 10.1 Å². The highest BCUT2D eigenvalue weighted by Gasteiger charge is 2.15. The fourth-order valence-electron chi connectivity index (χ4n) is 1.61. The van der Waals surface area contributed by atoms with E-state index in [4.69, 9.17) is 4.74 Å². The number of nitro groups is 1. The lowest BCUT2D eigenvalue weighted by Crippen LogP contribution is -2.34. The predicted molar refractivity (Wildman–Crippen MR) is 61.9 cm³/mol. The summed E-state index contributed by atoms with van der Waals surface area (Å²) in [5.41, 5.74) is 1.15. The Morgan fingerprint density at radius 2 is 2.06 bits per heavy atom. The first kappa shape index (κ1) is 12.9. The van der Waals surface area contributed by atoms with Gasteiger partial charge in [-0.25, -0.2) is 0 Å². The Morgan fingerprint density at radius 1 is 1.38 bits per heavy atom. The molecule has 1 fully saturated rings. The summed E-state index contributed by atoms with van der Waals surface area (Å²) in [4.78, 5) is 10.1. The summed E-state index contributed by atoms with van der Waals surface area (Å²) in [6.07, 6.45) is 0. The number of benzene rings is 1. The number of nitrogens with zero attached hydrogens (tertiary/aromatic N) is 1. The van der Waals surface area contributed by atoms with Crippen LogP contribution in [0.25, 0.3) is 0 Å². The van der Waals surface area contributed by atoms with Gasteiger partial charge in [0.1, 0.15) is 0 Å². The van der Waals surface area contributed by atoms with Crippen molar-refractivity contribution in [2.75, 3.05) is 19.8 Å². The van der Waals surface area contributed by atoms with E-state index in [-0.39, 0.29) is 24.1 Å². The van der Waals surface area contributed by atoms with Gasteiger partial charge in [0.2, 0.25) is 0 Å². The van der Waals surface area contributed by atoms with Crippen molar-refractivity contribution in [2.24, 2.45) is 0 Å². The van der Waals surface area contributed by atoms with Crippen LogP contribution in [0.4, 0.5) is 5.69 Å². The van der Waals surface area contributed by atoms with Crippen LogP contribution < -0.4 is 5.32 Å². The molecular formula is C10H13ClN2O3. The number of morpholine rings is 1. The van der Waals surface area contributed by atoms with E-state index in [1.165, 1.54) is 12.1 Å². The summed E-state index contributed by atoms with van der Waals surface area (Å²) < 4.78 is 5.32. The third-order valence-corrected chi connectivity index (χ3v) is 2.43. The molecule has 1 saturated heterocycles. The molecule has 0 aromatic heterocycles. The van der Waals surface area contributed by atoms with Gasteiger partial charge >= 0.3 is 0 Å². The molecule has 16 heavy (non-hydrogen) atoms. The molecule has 1 aliphatic rings. The Kier molecular flexibility index (Phi) is 4.67. The van der Waals surface area contributed by atoms with Crippen molar-refractivity contribution in [3.8, 4) is 0 Å². The van der Waals surface area contributed by atoms with E-state index in [9.17, 15) is 10.1 Å². The normalized spacial score (nSPS) is 19.9. The third-order valence-electron chi connectivity index (χ3n) is 2.43. The molecule has 1 heterocycles. The van der Waals surface area contributed by atoms with Gasteiger partial charge in [-0.05, 0) is 5.56 Å². The number of hydrogen-bond acceptors (Lipinski definition) is 4. The molecule has 6 heteroatoms. The molecule has 0 saturated carbocycles. The zero-order chi connectivity index (χ0) is 10.7. The zero-order valence-corrected chi connectivity index (χ0v) is 9.40. The number of non-ortho nitro benzene ring substituents is 1. The highest BCUT2D eigenvalue weighted by Crippen LogP contribution is 2.19. The van der Waals surface area contributed by atoms with Gasteiger partial charge in [0.25, 0.3) is 5.69 Å². The molecular weight excluding hydrogens is 232 g/mol. The number of halogens is 1. The molecule has 0 bridgehead atoms. The van der Waals surface area contributed by atoms with E-state index in [0.717, 1.165) is 18.7 Å². The summed E-state index contributed by atoms with van der Waals surface area (Å²) in [6.45, 7) is 2.17. The summed E-state index contributed by atoms with van der Waals surface area (Å²) in [5.74, 6) is 0. The van der Waals surface area contributed by atoms with Crippen LogP contribution in [-0.2, 0) is 4.74 Å². The van der Waals surface area contributed by atoms with Crippen LogP contribution in [0.1, 0.15) is 11.6 Å². The van der Waals surface area contributed by atoms with Crippen LogP contribution in [0, 0.1) is 10.1 Å². The van der Waals surface area contributed by atoms with Crippen molar-refractivity contribution in [1.82, 2.24) is 5.32 Å². The van der Waals surface area contributed by atoms with Crippen molar-refractivity contribution >= 4 is 18.1 Å². The Labute approximate surface area is 99.4 Å². The molecule has 0 aliphatic carbocycles. The van der Waals surface area contributed by atoms with Gasteiger partial charge in [0.05, 0.1) is 24.2 Å². The number of rotatable bonds is 2. The smallest absolute Gasteiger partial charge is 0.269 e. The van der Waals surface area contributed by atoms with Crippen molar-refractivity contribution in [3.05, 3.63) is 39.9 Å². The van der Waals surface area contributed by atoms with E-state index in [1.807, 2.05) is 0 Å². The van der Waals surface area contributed by atoms with Gasteiger partial charge in [0, 0.05) is 18.7 Å². The van der Waals surface area contributed by atoms with Crippen LogP contribution in [-0.4, -0.2) is 24.7 Å². The Balaban J connectivity index is 0.00000128. The van der Waals surface area contributed by atoms with Crippen LogP contribution in [0.3, 0.4) is 0 Å². The quantitative estimate of drug-likeness (QED) is 0.635. The molecule has 0 unspecified atom stereocenters. The molecule has 1 aromatic carbocycles. The van der Waals surface area contributed by atoms with Gasteiger partial charge in [-0.15, -0.1) is 12.4 Å². The monoisotopic (exact) mass is 244 g/mol. The zero-order valence-electron chi connectivity index (χ0n) is 8.59. The summed E-state index contributed by atoms with van der Waals surface area (Å²) in [6, 6.07) is 6.73. The lowest BCUT2D eigenvalue weighted by atomic mass is 10.1. The maximum Gasteiger partial charge on any atom is 0.269 e. The van der Waals surface area contributed by atoms with Gasteiger partial charge in [0.15, 0.2) is 0 Å². The van der Waals surface area contributed by atoms with E-state index >= 15 is 0 Å². The second-order valence-corrected chi connectivity index (χ2v) is 3.43. The molecule has 0 amide bonds.